The summed E-state index contributed by atoms with van der Waals surface area (Å²) < 4.78 is 27.5. The van der Waals surface area contributed by atoms with Gasteiger partial charge in [-0.25, -0.2) is 19.2 Å². The van der Waals surface area contributed by atoms with Crippen molar-refractivity contribution < 1.29 is 115 Å². The molecule has 784 valence electrons. The monoisotopic (exact) mass is 2010 g/mol. The number of carboxylic acids is 1. The number of benzene rings is 2. The van der Waals surface area contributed by atoms with Crippen molar-refractivity contribution in [2.75, 3.05) is 19.6 Å². The minimum Gasteiger partial charge on any atom is -0.480 e. The Labute approximate surface area is 833 Å². The number of aliphatic carboxylic acids is 1. The molecule has 1 saturated heterocycles. The molecule has 0 bridgehead atoms. The van der Waals surface area contributed by atoms with Crippen LogP contribution < -0.4 is 74.4 Å². The Morgan fingerprint density at radius 3 is 1.06 bits per heavy atom. The van der Waals surface area contributed by atoms with Crippen molar-refractivity contribution in [3.05, 3.63) is 69.7 Å². The molecule has 3 fully saturated rings. The highest BCUT2D eigenvalue weighted by molar-refractivity contribution is 6.31. The van der Waals surface area contributed by atoms with Crippen LogP contribution in [0.5, 0.6) is 0 Å². The first-order valence-corrected chi connectivity index (χ1v) is 50.4. The molecule has 3 aliphatic rings. The topological polar surface area (TPSA) is 545 Å². The van der Waals surface area contributed by atoms with E-state index in [-0.39, 0.29) is 171 Å². The number of carbonyl (C=O) groups is 18. The fraction of sp³-hybridized carbons (Fsp3) is 0.697. The molecule has 1 heterocycles. The molecular formula is C99H155Cl2N15O24. The third-order valence-electron chi connectivity index (χ3n) is 23.6. The lowest BCUT2D eigenvalue weighted by Crippen LogP contribution is -2.60. The average molecular weight is 2010 g/mol. The second-order valence-electron chi connectivity index (χ2n) is 39.8. The maximum Gasteiger partial charge on any atom is 0.408 e. The first-order chi connectivity index (χ1) is 66.1. The van der Waals surface area contributed by atoms with Gasteiger partial charge in [-0.2, -0.15) is 0 Å². The van der Waals surface area contributed by atoms with Gasteiger partial charge >= 0.3 is 36.2 Å². The van der Waals surface area contributed by atoms with Gasteiger partial charge < -0.3 is 108 Å². The van der Waals surface area contributed by atoms with Crippen LogP contribution in [0, 0.1) is 29.6 Å². The molecular weight excluding hydrogens is 1850 g/mol. The Morgan fingerprint density at radius 2 is 0.686 bits per heavy atom. The number of carboxylic acid groups (broad SMARTS) is 1. The molecule has 1 aliphatic heterocycles. The van der Waals surface area contributed by atoms with E-state index in [9.17, 15) is 91.4 Å². The second kappa shape index (κ2) is 61.6. The highest BCUT2D eigenvalue weighted by atomic mass is 35.5. The number of rotatable bonds is 57. The molecule has 2 aromatic rings. The van der Waals surface area contributed by atoms with Crippen molar-refractivity contribution in [2.45, 2.75) is 394 Å². The predicted octanol–water partition coefficient (Wildman–Crippen LogP) is 9.39. The summed E-state index contributed by atoms with van der Waals surface area (Å²) in [6.45, 7) is 26.8. The van der Waals surface area contributed by atoms with E-state index in [2.05, 4.69) is 74.4 Å². The number of halogens is 2. The fourth-order valence-electron chi connectivity index (χ4n) is 16.3. The summed E-state index contributed by atoms with van der Waals surface area (Å²) >= 11 is 12.5. The Morgan fingerprint density at radius 1 is 0.364 bits per heavy atom. The van der Waals surface area contributed by atoms with Crippen molar-refractivity contribution in [1.82, 2.24) is 79.3 Å². The Balaban J connectivity index is 1.35. The maximum absolute atomic E-state index is 15.0. The molecule has 5 rings (SSSR count). The second-order valence-corrected chi connectivity index (χ2v) is 40.6. The summed E-state index contributed by atoms with van der Waals surface area (Å²) in [5, 5.41) is 48.3. The van der Waals surface area contributed by atoms with Gasteiger partial charge in [-0.05, 0) is 231 Å². The molecule has 0 spiro atoms. The zero-order valence-electron chi connectivity index (χ0n) is 84.3. The molecule has 0 unspecified atom stereocenters. The van der Waals surface area contributed by atoms with Crippen molar-refractivity contribution in [3.63, 3.8) is 0 Å². The lowest BCUT2D eigenvalue weighted by Gasteiger charge is -2.30. The number of esters is 2. The molecule has 0 radical (unpaired) electrons. The van der Waals surface area contributed by atoms with Crippen LogP contribution in [0.15, 0.2) is 48.5 Å². The normalized spacial score (nSPS) is 16.6. The Kier molecular flexibility index (Phi) is 52.5. The van der Waals surface area contributed by atoms with E-state index in [4.69, 9.17) is 46.9 Å². The number of ether oxygens (including phenoxy) is 5. The van der Waals surface area contributed by atoms with E-state index < -0.39 is 191 Å². The van der Waals surface area contributed by atoms with Crippen LogP contribution in [0.3, 0.4) is 0 Å². The van der Waals surface area contributed by atoms with Gasteiger partial charge in [-0.1, -0.05) is 142 Å². The molecule has 15 N–H and O–H groups in total. The molecule has 0 aromatic heterocycles. The number of nitrogens with one attached hydrogen (secondary N) is 14. The van der Waals surface area contributed by atoms with Gasteiger partial charge in [-0.15, -0.1) is 0 Å². The number of hydrogen-bond donors (Lipinski definition) is 15. The van der Waals surface area contributed by atoms with E-state index in [0.717, 1.165) is 38.5 Å². The van der Waals surface area contributed by atoms with Crippen LogP contribution in [0.4, 0.5) is 14.4 Å². The number of alkyl carbamates (subject to hydrolysis) is 3. The summed E-state index contributed by atoms with van der Waals surface area (Å²) in [4.78, 5) is 254. The molecule has 2 aliphatic carbocycles. The summed E-state index contributed by atoms with van der Waals surface area (Å²) in [6, 6.07) is -4.39. The summed E-state index contributed by atoms with van der Waals surface area (Å²) in [5.41, 5.74) is 0.274. The van der Waals surface area contributed by atoms with Gasteiger partial charge in [-0.3, -0.25) is 67.1 Å². The van der Waals surface area contributed by atoms with Crippen LogP contribution in [0.2, 0.25) is 10.0 Å². The quantitative estimate of drug-likeness (QED) is 0.0166. The maximum atomic E-state index is 15.0. The number of likely N-dealkylation sites (tertiary alicyclic amines) is 1. The molecule has 2 saturated carbocycles. The lowest BCUT2D eigenvalue weighted by atomic mass is 9.98. The zero-order valence-corrected chi connectivity index (χ0v) is 85.8. The van der Waals surface area contributed by atoms with Crippen LogP contribution >= 0.6 is 23.2 Å². The third kappa shape index (κ3) is 45.6. The van der Waals surface area contributed by atoms with Gasteiger partial charge in [0.25, 0.3) is 0 Å². The SMILES string of the molecule is CC(C)C[C@H](NC(=O)[C@H](C)NC(=O)[C@H](CCCCNC(=O)OCc1ccccc1Cl)NC(=O)[C@H](CC(C)C)NC(=O)[C@H](CC(C)C)NC(=O)[C@H](CCC(=O)OC1CCCCC1)NC(=O)[C@@H]1CCCN1C(=O)[C@@H](C)NC(=O)OC(C)(C)C)C(=O)N[C@@H](C)C(=O)N[C@@H](CCC(=O)OC1CCCCC1)C(=O)N[C@@H](CC(C)C)C(=O)N[C@@H](CC(C)C)C(=O)N[C@@H](CCCCNC(=O)OCc1ccccc1Cl)C(=O)O. The van der Waals surface area contributed by atoms with E-state index in [0.29, 0.717) is 59.7 Å². The standard InChI is InChI=1S/C99H155Cl2N15O24/c1-57(2)50-75(88(124)105-62(11)83(119)107-72(43-45-81(117)138-67-34-19-17-20-35-67)86(122)112-78(53-60(7)8)92(128)115-77(52-59(5)6)90(126)110-74(95(131)132)41-28-30-48-103-97(134)137-56-66-33-24-26-39-70(66)101)111-84(120)63(12)104-85(121)71(40-27-29-47-102-96(133)136-55-65-32-23-25-38-69(65)100)108-89(125)76(51-58(3)4)114-91(127)79(54-61(9)10)113-87(123)73(44-46-82(118)139-68-36-21-18-22-37-68)109-93(129)80-42-31-49-116(80)94(130)64(13)106-98(135)140-99(14,15)16/h23-26,32-33,38-39,57-64,67-68,71-80H,17-22,27-31,34-37,40-56H2,1-16H3,(H,102,133)(H,103,134)(H,104,121)(H,105,124)(H,106,135)(H,107,119)(H,108,125)(H,109,129)(H,110,126)(H,111,120)(H,112,122)(H,113,123)(H,114,127)(H,115,128)(H,131,132)/t62-,63-,64+,71-,72-,73-,74-,75-,76-,77-,78-,79-,80-/m0/s1. The van der Waals surface area contributed by atoms with Gasteiger partial charge in [0, 0.05) is 53.6 Å². The van der Waals surface area contributed by atoms with Crippen LogP contribution in [0.25, 0.3) is 0 Å². The number of carbonyl (C=O) groups excluding carboxylic acids is 17. The predicted molar refractivity (Wildman–Crippen MR) is 522 cm³/mol. The van der Waals surface area contributed by atoms with Gasteiger partial charge in [0.2, 0.25) is 70.9 Å². The van der Waals surface area contributed by atoms with Crippen molar-refractivity contribution in [1.29, 1.82) is 0 Å². The highest BCUT2D eigenvalue weighted by Gasteiger charge is 2.42. The first kappa shape index (κ1) is 119. The largest absolute Gasteiger partial charge is 0.480 e. The average Bonchev–Trinajstić information content (AvgIpc) is 1.66. The number of nitrogens with zero attached hydrogens (tertiary/aromatic N) is 1. The molecule has 41 heteroatoms. The number of hydrogen-bond acceptors (Lipinski definition) is 23. The molecule has 39 nitrogen and oxygen atoms in total. The van der Waals surface area contributed by atoms with E-state index in [1.165, 1.54) is 25.7 Å². The summed E-state index contributed by atoms with van der Waals surface area (Å²) in [7, 11) is 0. The van der Waals surface area contributed by atoms with Gasteiger partial charge in [0.05, 0.1) is 0 Å². The number of unbranched alkanes of at least 4 members (excludes halogenated alkanes) is 2. The smallest absolute Gasteiger partial charge is 0.408 e. The van der Waals surface area contributed by atoms with Gasteiger partial charge in [0.1, 0.15) is 110 Å². The fourth-order valence-corrected chi connectivity index (χ4v) is 16.6. The molecule has 13 atom stereocenters. The molecule has 2 aromatic carbocycles. The van der Waals surface area contributed by atoms with E-state index in [1.807, 2.05) is 0 Å². The van der Waals surface area contributed by atoms with Crippen molar-refractivity contribution in [2.24, 2.45) is 29.6 Å². The third-order valence-corrected chi connectivity index (χ3v) is 24.4. The van der Waals surface area contributed by atoms with Crippen LogP contribution in [-0.2, 0) is 109 Å². The van der Waals surface area contributed by atoms with E-state index in [1.54, 1.807) is 139 Å². The Bertz CT molecular complexity index is 4430. The van der Waals surface area contributed by atoms with Crippen LogP contribution in [-0.4, -0.2) is 233 Å². The molecule has 140 heavy (non-hydrogen) atoms. The number of amides is 15. The lowest BCUT2D eigenvalue weighted by molar-refractivity contribution is -0.152. The highest BCUT2D eigenvalue weighted by Crippen LogP contribution is 2.27. The zero-order chi connectivity index (χ0) is 104. The summed E-state index contributed by atoms with van der Waals surface area (Å²) in [6.07, 6.45) is 4.66. The minimum atomic E-state index is -1.57. The first-order valence-electron chi connectivity index (χ1n) is 49.6. The molecule has 15 amide bonds. The van der Waals surface area contributed by atoms with Crippen LogP contribution in [0.1, 0.15) is 295 Å². The van der Waals surface area contributed by atoms with Crippen molar-refractivity contribution >= 4 is 130 Å². The summed E-state index contributed by atoms with van der Waals surface area (Å²) in [5.74, 6) is -14.2. The van der Waals surface area contributed by atoms with Crippen molar-refractivity contribution in [3.8, 4) is 0 Å². The van der Waals surface area contributed by atoms with E-state index >= 15 is 0 Å². The van der Waals surface area contributed by atoms with Gasteiger partial charge in [0.15, 0.2) is 0 Å². The minimum absolute atomic E-state index is 0.0158. The Hall–Kier alpha value is -11.1.